The van der Waals surface area contributed by atoms with Crippen LogP contribution in [0.25, 0.3) is 0 Å². The maximum absolute atomic E-state index is 11.8. The van der Waals surface area contributed by atoms with Gasteiger partial charge in [-0.1, -0.05) is 0 Å². The first kappa shape index (κ1) is 17.3. The van der Waals surface area contributed by atoms with E-state index in [1.54, 1.807) is 18.2 Å². The van der Waals surface area contributed by atoms with Gasteiger partial charge in [-0.2, -0.15) is 0 Å². The third-order valence-electron chi connectivity index (χ3n) is 3.52. The number of carbonyl (C=O) groups is 2. The number of Topliss-reactive ketones (excluding diaryl/α,β-unsaturated/α-hetero) is 1. The SMILES string of the molecule is COc1ccc(OCC(=O)N[C@H]2CCS(=O)(=O)C2)c(C(C)=O)c1. The zero-order valence-corrected chi connectivity index (χ0v) is 13.8. The Bertz CT molecular complexity index is 713. The molecule has 1 aromatic carbocycles. The van der Waals surface area contributed by atoms with Gasteiger partial charge in [0.15, 0.2) is 22.2 Å². The lowest BCUT2D eigenvalue weighted by Crippen LogP contribution is -2.38. The van der Waals surface area contributed by atoms with Crippen molar-refractivity contribution in [2.45, 2.75) is 19.4 Å². The molecule has 0 saturated carbocycles. The maximum atomic E-state index is 11.8. The van der Waals surface area contributed by atoms with Gasteiger partial charge < -0.3 is 14.8 Å². The number of hydrogen-bond acceptors (Lipinski definition) is 6. The average Bonchev–Trinajstić information content (AvgIpc) is 2.83. The minimum Gasteiger partial charge on any atom is -0.497 e. The molecule has 1 fully saturated rings. The van der Waals surface area contributed by atoms with Crippen LogP contribution in [0.4, 0.5) is 0 Å². The summed E-state index contributed by atoms with van der Waals surface area (Å²) >= 11 is 0. The Hall–Kier alpha value is -2.09. The Labute approximate surface area is 134 Å². The molecular weight excluding hydrogens is 322 g/mol. The fourth-order valence-corrected chi connectivity index (χ4v) is 4.03. The van der Waals surface area contributed by atoms with E-state index in [1.807, 2.05) is 0 Å². The minimum absolute atomic E-state index is 0.0417. The van der Waals surface area contributed by atoms with Crippen LogP contribution in [0.2, 0.25) is 0 Å². The highest BCUT2D eigenvalue weighted by Gasteiger charge is 2.28. The summed E-state index contributed by atoms with van der Waals surface area (Å²) in [7, 11) is -1.56. The van der Waals surface area contributed by atoms with Crippen molar-refractivity contribution in [1.82, 2.24) is 5.32 Å². The van der Waals surface area contributed by atoms with Crippen LogP contribution >= 0.6 is 0 Å². The van der Waals surface area contributed by atoms with E-state index in [0.717, 1.165) is 0 Å². The number of ether oxygens (including phenoxy) is 2. The highest BCUT2D eigenvalue weighted by atomic mass is 32.2. The molecule has 23 heavy (non-hydrogen) atoms. The van der Waals surface area contributed by atoms with E-state index in [0.29, 0.717) is 17.7 Å². The fourth-order valence-electron chi connectivity index (χ4n) is 2.36. The number of benzene rings is 1. The summed E-state index contributed by atoms with van der Waals surface area (Å²) in [6.45, 7) is 1.11. The lowest BCUT2D eigenvalue weighted by Gasteiger charge is -2.13. The summed E-state index contributed by atoms with van der Waals surface area (Å²) in [6.07, 6.45) is 0.412. The molecule has 1 heterocycles. The van der Waals surface area contributed by atoms with Crippen LogP contribution in [0, 0.1) is 0 Å². The summed E-state index contributed by atoms with van der Waals surface area (Å²) in [5.74, 6) is 0.223. The van der Waals surface area contributed by atoms with Crippen molar-refractivity contribution >= 4 is 21.5 Å². The number of methoxy groups -OCH3 is 1. The second kappa shape index (κ2) is 6.99. The van der Waals surface area contributed by atoms with E-state index in [4.69, 9.17) is 9.47 Å². The zero-order valence-electron chi connectivity index (χ0n) is 13.0. The Morgan fingerprint density at radius 1 is 1.35 bits per heavy atom. The zero-order chi connectivity index (χ0) is 17.0. The van der Waals surface area contributed by atoms with Crippen LogP contribution < -0.4 is 14.8 Å². The van der Waals surface area contributed by atoms with Crippen LogP contribution in [0.15, 0.2) is 18.2 Å². The monoisotopic (exact) mass is 341 g/mol. The van der Waals surface area contributed by atoms with Gasteiger partial charge in [-0.3, -0.25) is 9.59 Å². The van der Waals surface area contributed by atoms with Crippen molar-refractivity contribution in [3.63, 3.8) is 0 Å². The first-order valence-electron chi connectivity index (χ1n) is 7.12. The molecule has 0 bridgehead atoms. The largest absolute Gasteiger partial charge is 0.497 e. The Morgan fingerprint density at radius 3 is 2.65 bits per heavy atom. The van der Waals surface area contributed by atoms with Crippen molar-refractivity contribution in [2.75, 3.05) is 25.2 Å². The molecule has 0 radical (unpaired) electrons. The predicted octanol–water partition coefficient (Wildman–Crippen LogP) is 0.580. The molecule has 1 N–H and O–H groups in total. The van der Waals surface area contributed by atoms with Crippen LogP contribution in [-0.2, 0) is 14.6 Å². The maximum Gasteiger partial charge on any atom is 0.258 e. The standard InChI is InChI=1S/C15H19NO6S/c1-10(17)13-7-12(21-2)3-4-14(13)22-8-15(18)16-11-5-6-23(19,20)9-11/h3-4,7,11H,5-6,8-9H2,1-2H3,(H,16,18)/t11-/m0/s1. The molecule has 0 aliphatic carbocycles. The summed E-state index contributed by atoms with van der Waals surface area (Å²) in [5.41, 5.74) is 0.320. The average molecular weight is 341 g/mol. The molecule has 1 aliphatic heterocycles. The number of ketones is 1. The molecule has 1 amide bonds. The summed E-state index contributed by atoms with van der Waals surface area (Å²) in [5, 5.41) is 2.62. The number of hydrogen-bond donors (Lipinski definition) is 1. The number of amides is 1. The summed E-state index contributed by atoms with van der Waals surface area (Å²) in [4.78, 5) is 23.5. The van der Waals surface area contributed by atoms with E-state index in [1.165, 1.54) is 14.0 Å². The van der Waals surface area contributed by atoms with Crippen molar-refractivity contribution in [1.29, 1.82) is 0 Å². The molecule has 126 valence electrons. The molecule has 8 heteroatoms. The summed E-state index contributed by atoms with van der Waals surface area (Å²) in [6, 6.07) is 4.35. The van der Waals surface area contributed by atoms with Gasteiger partial charge in [0.25, 0.3) is 5.91 Å². The third-order valence-corrected chi connectivity index (χ3v) is 5.29. The molecule has 7 nitrogen and oxygen atoms in total. The molecule has 2 rings (SSSR count). The van der Waals surface area contributed by atoms with Crippen LogP contribution in [0.5, 0.6) is 11.5 Å². The van der Waals surface area contributed by atoms with Gasteiger partial charge in [-0.15, -0.1) is 0 Å². The number of rotatable bonds is 6. The van der Waals surface area contributed by atoms with E-state index >= 15 is 0 Å². The van der Waals surface area contributed by atoms with Crippen LogP contribution in [-0.4, -0.2) is 51.4 Å². The van der Waals surface area contributed by atoms with Gasteiger partial charge >= 0.3 is 0 Å². The Balaban J connectivity index is 1.95. The van der Waals surface area contributed by atoms with Crippen molar-refractivity contribution in [2.24, 2.45) is 0 Å². The topological polar surface area (TPSA) is 98.8 Å². The normalized spacial score (nSPS) is 19.1. The highest BCUT2D eigenvalue weighted by molar-refractivity contribution is 7.91. The molecule has 0 unspecified atom stereocenters. The second-order valence-corrected chi connectivity index (χ2v) is 7.60. The van der Waals surface area contributed by atoms with Crippen molar-refractivity contribution in [3.05, 3.63) is 23.8 Å². The van der Waals surface area contributed by atoms with Crippen LogP contribution in [0.3, 0.4) is 0 Å². The number of carbonyl (C=O) groups excluding carboxylic acids is 2. The lowest BCUT2D eigenvalue weighted by molar-refractivity contribution is -0.123. The first-order chi connectivity index (χ1) is 10.8. The Morgan fingerprint density at radius 2 is 2.09 bits per heavy atom. The predicted molar refractivity (Wildman–Crippen MR) is 83.7 cm³/mol. The molecular formula is C15H19NO6S. The molecule has 1 atom stereocenters. The molecule has 0 spiro atoms. The Kier molecular flexibility index (Phi) is 5.25. The highest BCUT2D eigenvalue weighted by Crippen LogP contribution is 2.24. The van der Waals surface area contributed by atoms with Gasteiger partial charge in [0, 0.05) is 6.04 Å². The first-order valence-corrected chi connectivity index (χ1v) is 8.94. The van der Waals surface area contributed by atoms with E-state index in [9.17, 15) is 18.0 Å². The molecule has 0 aromatic heterocycles. The van der Waals surface area contributed by atoms with Gasteiger partial charge in [-0.25, -0.2) is 8.42 Å². The molecule has 1 saturated heterocycles. The van der Waals surface area contributed by atoms with Gasteiger partial charge in [0.05, 0.1) is 24.2 Å². The van der Waals surface area contributed by atoms with Gasteiger partial charge in [-0.05, 0) is 31.5 Å². The molecule has 1 aliphatic rings. The second-order valence-electron chi connectivity index (χ2n) is 5.37. The minimum atomic E-state index is -3.05. The van der Waals surface area contributed by atoms with E-state index < -0.39 is 15.7 Å². The lowest BCUT2D eigenvalue weighted by atomic mass is 10.1. The third kappa shape index (κ3) is 4.69. The quantitative estimate of drug-likeness (QED) is 0.760. The summed E-state index contributed by atoms with van der Waals surface area (Å²) < 4.78 is 33.1. The van der Waals surface area contributed by atoms with Crippen molar-refractivity contribution in [3.8, 4) is 11.5 Å². The van der Waals surface area contributed by atoms with Crippen LogP contribution in [0.1, 0.15) is 23.7 Å². The number of nitrogens with one attached hydrogen (secondary N) is 1. The number of sulfone groups is 1. The van der Waals surface area contributed by atoms with E-state index in [2.05, 4.69) is 5.32 Å². The van der Waals surface area contributed by atoms with E-state index in [-0.39, 0.29) is 35.7 Å². The van der Waals surface area contributed by atoms with Crippen molar-refractivity contribution < 1.29 is 27.5 Å². The van der Waals surface area contributed by atoms with Gasteiger partial charge in [0.1, 0.15) is 11.5 Å². The molecule has 1 aromatic rings. The smallest absolute Gasteiger partial charge is 0.258 e. The fraction of sp³-hybridized carbons (Fsp3) is 0.467. The van der Waals surface area contributed by atoms with Gasteiger partial charge in [0.2, 0.25) is 0 Å².